The van der Waals surface area contributed by atoms with Gasteiger partial charge in [0, 0.05) is 16.9 Å². The molecule has 0 saturated heterocycles. The molecule has 0 aliphatic heterocycles. The Kier molecular flexibility index (Phi) is 5.64. The molecule has 0 radical (unpaired) electrons. The number of anilines is 3. The van der Waals surface area contributed by atoms with Gasteiger partial charge in [-0.05, 0) is 56.3 Å². The topological polar surface area (TPSA) is 93.2 Å². The van der Waals surface area contributed by atoms with Gasteiger partial charge in [-0.2, -0.15) is 0 Å². The zero-order valence-corrected chi connectivity index (χ0v) is 15.8. The molecule has 7 heteroatoms. The number of para-hydroxylation sites is 2. The van der Waals surface area contributed by atoms with Crippen molar-refractivity contribution in [2.75, 3.05) is 17.7 Å². The van der Waals surface area contributed by atoms with E-state index < -0.39 is 0 Å². The van der Waals surface area contributed by atoms with Crippen LogP contribution in [0.15, 0.2) is 54.6 Å². The van der Waals surface area contributed by atoms with Gasteiger partial charge in [-0.3, -0.25) is 9.59 Å². The maximum atomic E-state index is 12.6. The van der Waals surface area contributed by atoms with E-state index in [-0.39, 0.29) is 17.4 Å². The van der Waals surface area contributed by atoms with Crippen LogP contribution in [-0.2, 0) is 0 Å². The number of Topliss-reactive ketones (excluding diaryl/α,β-unsaturated/α-hetero) is 1. The monoisotopic (exact) mass is 376 g/mol. The van der Waals surface area contributed by atoms with Crippen LogP contribution in [0.4, 0.5) is 17.3 Å². The van der Waals surface area contributed by atoms with Crippen LogP contribution in [0.3, 0.4) is 0 Å². The van der Waals surface area contributed by atoms with E-state index in [1.807, 2.05) is 24.3 Å². The number of benzene rings is 2. The molecule has 1 amide bonds. The Hall–Kier alpha value is -3.74. The zero-order chi connectivity index (χ0) is 20.1. The van der Waals surface area contributed by atoms with Gasteiger partial charge in [-0.15, -0.1) is 0 Å². The average molecular weight is 376 g/mol. The van der Waals surface area contributed by atoms with Crippen LogP contribution in [0.2, 0.25) is 0 Å². The Balaban J connectivity index is 1.80. The van der Waals surface area contributed by atoms with Crippen LogP contribution in [0, 0.1) is 6.92 Å². The summed E-state index contributed by atoms with van der Waals surface area (Å²) in [5.41, 5.74) is 2.72. The lowest BCUT2D eigenvalue weighted by atomic mass is 10.1. The summed E-state index contributed by atoms with van der Waals surface area (Å²) in [7, 11) is 1.58. The minimum Gasteiger partial charge on any atom is -0.495 e. The molecule has 3 rings (SSSR count). The molecule has 1 heterocycles. The summed E-state index contributed by atoms with van der Waals surface area (Å²) in [5, 5.41) is 5.85. The molecule has 2 N–H and O–H groups in total. The third kappa shape index (κ3) is 4.50. The SMILES string of the molecule is COc1ccccc1Nc1nc(C)cc(C(=O)Nc2ccc(C(C)=O)cc2)n1. The zero-order valence-electron chi connectivity index (χ0n) is 15.8. The molecule has 7 nitrogen and oxygen atoms in total. The molecule has 1 aromatic heterocycles. The van der Waals surface area contributed by atoms with Crippen LogP contribution in [0.25, 0.3) is 0 Å². The van der Waals surface area contributed by atoms with Gasteiger partial charge in [-0.25, -0.2) is 9.97 Å². The quantitative estimate of drug-likeness (QED) is 0.632. The Morgan fingerprint density at radius 3 is 2.39 bits per heavy atom. The molecule has 0 aliphatic carbocycles. The molecular formula is C21H20N4O3. The predicted octanol–water partition coefficient (Wildman–Crippen LogP) is 3.99. The van der Waals surface area contributed by atoms with Crippen molar-refractivity contribution in [3.63, 3.8) is 0 Å². The molecule has 0 unspecified atom stereocenters. The number of carbonyl (C=O) groups is 2. The molecule has 0 saturated carbocycles. The van der Waals surface area contributed by atoms with Gasteiger partial charge in [0.1, 0.15) is 11.4 Å². The third-order valence-electron chi connectivity index (χ3n) is 3.99. The summed E-state index contributed by atoms with van der Waals surface area (Å²) in [4.78, 5) is 32.6. The molecule has 0 atom stereocenters. The molecule has 0 bridgehead atoms. The summed E-state index contributed by atoms with van der Waals surface area (Å²) in [5.74, 6) is 0.534. The molecule has 0 spiro atoms. The number of amides is 1. The number of rotatable bonds is 6. The van der Waals surface area contributed by atoms with Gasteiger partial charge >= 0.3 is 0 Å². The number of nitrogens with one attached hydrogen (secondary N) is 2. The second kappa shape index (κ2) is 8.30. The maximum Gasteiger partial charge on any atom is 0.274 e. The Morgan fingerprint density at radius 2 is 1.71 bits per heavy atom. The summed E-state index contributed by atoms with van der Waals surface area (Å²) < 4.78 is 5.31. The van der Waals surface area contributed by atoms with Crippen molar-refractivity contribution in [1.82, 2.24) is 9.97 Å². The smallest absolute Gasteiger partial charge is 0.274 e. The highest BCUT2D eigenvalue weighted by Gasteiger charge is 2.12. The van der Waals surface area contributed by atoms with Crippen molar-refractivity contribution < 1.29 is 14.3 Å². The van der Waals surface area contributed by atoms with Crippen LogP contribution < -0.4 is 15.4 Å². The standard InChI is InChI=1S/C21H20N4O3/c1-13-12-18(20(27)23-16-10-8-15(9-11-16)14(2)26)25-21(22-13)24-17-6-4-5-7-19(17)28-3/h4-12H,1-3H3,(H,23,27)(H,22,24,25). The fraction of sp³-hybridized carbons (Fsp3) is 0.143. The highest BCUT2D eigenvalue weighted by molar-refractivity contribution is 6.03. The number of ketones is 1. The highest BCUT2D eigenvalue weighted by atomic mass is 16.5. The second-order valence-electron chi connectivity index (χ2n) is 6.13. The van der Waals surface area contributed by atoms with E-state index in [2.05, 4.69) is 20.6 Å². The van der Waals surface area contributed by atoms with Crippen LogP contribution in [0.1, 0.15) is 33.5 Å². The first-order valence-electron chi connectivity index (χ1n) is 8.64. The number of hydrogen-bond acceptors (Lipinski definition) is 6. The lowest BCUT2D eigenvalue weighted by molar-refractivity contribution is 0.101. The molecule has 3 aromatic rings. The number of nitrogens with zero attached hydrogens (tertiary/aromatic N) is 2. The molecule has 28 heavy (non-hydrogen) atoms. The van der Waals surface area contributed by atoms with E-state index in [1.54, 1.807) is 44.4 Å². The van der Waals surface area contributed by atoms with E-state index in [0.717, 1.165) is 0 Å². The van der Waals surface area contributed by atoms with E-state index in [9.17, 15) is 9.59 Å². The van der Waals surface area contributed by atoms with E-state index >= 15 is 0 Å². The van der Waals surface area contributed by atoms with Gasteiger partial charge < -0.3 is 15.4 Å². The van der Waals surface area contributed by atoms with E-state index in [1.165, 1.54) is 6.92 Å². The second-order valence-corrected chi connectivity index (χ2v) is 6.13. The van der Waals surface area contributed by atoms with Crippen molar-refractivity contribution in [1.29, 1.82) is 0 Å². The van der Waals surface area contributed by atoms with Crippen LogP contribution in [0.5, 0.6) is 5.75 Å². The number of carbonyl (C=O) groups excluding carboxylic acids is 2. The van der Waals surface area contributed by atoms with Crippen molar-refractivity contribution in [2.45, 2.75) is 13.8 Å². The molecule has 0 fully saturated rings. The first kappa shape index (κ1) is 19.0. The minimum atomic E-state index is -0.371. The Bertz CT molecular complexity index is 1020. The number of ether oxygens (including phenoxy) is 1. The minimum absolute atomic E-state index is 0.0311. The average Bonchev–Trinajstić information content (AvgIpc) is 2.68. The lowest BCUT2D eigenvalue weighted by Gasteiger charge is -2.11. The molecule has 2 aromatic carbocycles. The van der Waals surface area contributed by atoms with Crippen molar-refractivity contribution in [3.05, 3.63) is 71.5 Å². The number of hydrogen-bond donors (Lipinski definition) is 2. The van der Waals surface area contributed by atoms with E-state index in [0.29, 0.717) is 34.3 Å². The van der Waals surface area contributed by atoms with Gasteiger partial charge in [0.2, 0.25) is 5.95 Å². The van der Waals surface area contributed by atoms with Gasteiger partial charge in [0.05, 0.1) is 12.8 Å². The summed E-state index contributed by atoms with van der Waals surface area (Å²) in [6, 6.07) is 15.7. The van der Waals surface area contributed by atoms with Crippen LogP contribution in [-0.4, -0.2) is 28.8 Å². The normalized spacial score (nSPS) is 10.2. The maximum absolute atomic E-state index is 12.6. The third-order valence-corrected chi connectivity index (χ3v) is 3.99. The fourth-order valence-electron chi connectivity index (χ4n) is 2.59. The van der Waals surface area contributed by atoms with Gasteiger partial charge in [-0.1, -0.05) is 12.1 Å². The number of aromatic nitrogens is 2. The van der Waals surface area contributed by atoms with Gasteiger partial charge in [0.15, 0.2) is 5.78 Å². The molecule has 0 aliphatic rings. The Morgan fingerprint density at radius 1 is 1.00 bits per heavy atom. The summed E-state index contributed by atoms with van der Waals surface area (Å²) >= 11 is 0. The van der Waals surface area contributed by atoms with Crippen molar-refractivity contribution in [3.8, 4) is 5.75 Å². The Labute approximate surface area is 162 Å². The largest absolute Gasteiger partial charge is 0.495 e. The summed E-state index contributed by atoms with van der Waals surface area (Å²) in [6.07, 6.45) is 0. The highest BCUT2D eigenvalue weighted by Crippen LogP contribution is 2.25. The predicted molar refractivity (Wildman–Crippen MR) is 107 cm³/mol. The van der Waals surface area contributed by atoms with Crippen molar-refractivity contribution >= 4 is 29.0 Å². The van der Waals surface area contributed by atoms with E-state index in [4.69, 9.17) is 4.74 Å². The molecule has 142 valence electrons. The fourth-order valence-corrected chi connectivity index (χ4v) is 2.59. The van der Waals surface area contributed by atoms with Crippen molar-refractivity contribution in [2.24, 2.45) is 0 Å². The van der Waals surface area contributed by atoms with Crippen LogP contribution >= 0.6 is 0 Å². The number of methoxy groups -OCH3 is 1. The first-order chi connectivity index (χ1) is 13.5. The summed E-state index contributed by atoms with van der Waals surface area (Å²) in [6.45, 7) is 3.28. The first-order valence-corrected chi connectivity index (χ1v) is 8.64. The molecular weight excluding hydrogens is 356 g/mol. The number of aryl methyl sites for hydroxylation is 1. The van der Waals surface area contributed by atoms with Gasteiger partial charge in [0.25, 0.3) is 5.91 Å². The lowest BCUT2D eigenvalue weighted by Crippen LogP contribution is -2.15.